The molecule has 6 nitrogen and oxygen atoms in total. The van der Waals surface area contributed by atoms with E-state index in [1.165, 1.54) is 17.3 Å². The molecular weight excluding hydrogens is 394 g/mol. The number of pyridine rings is 2. The summed E-state index contributed by atoms with van der Waals surface area (Å²) in [6.07, 6.45) is 5.78. The van der Waals surface area contributed by atoms with Gasteiger partial charge in [0.1, 0.15) is 11.5 Å². The highest BCUT2D eigenvalue weighted by Gasteiger charge is 2.15. The van der Waals surface area contributed by atoms with Crippen LogP contribution in [0.25, 0.3) is 22.4 Å². The third kappa shape index (κ3) is 3.37. The van der Waals surface area contributed by atoms with Gasteiger partial charge in [0.15, 0.2) is 5.16 Å². The van der Waals surface area contributed by atoms with Gasteiger partial charge in [-0.2, -0.15) is 0 Å². The molecule has 0 spiro atoms. The smallest absolute Gasteiger partial charge is 0.267 e. The first-order valence-electron chi connectivity index (χ1n) is 9.60. The molecule has 0 saturated carbocycles. The summed E-state index contributed by atoms with van der Waals surface area (Å²) in [4.78, 5) is 27.2. The van der Waals surface area contributed by atoms with E-state index < -0.39 is 0 Å². The van der Waals surface area contributed by atoms with Crippen molar-refractivity contribution in [1.29, 1.82) is 0 Å². The molecular formula is C23H19N5OS. The van der Waals surface area contributed by atoms with Gasteiger partial charge in [-0.25, -0.2) is 19.5 Å². The first kappa shape index (κ1) is 18.6. The Morgan fingerprint density at radius 3 is 2.70 bits per heavy atom. The highest BCUT2D eigenvalue weighted by Crippen LogP contribution is 2.24. The van der Waals surface area contributed by atoms with Crippen molar-refractivity contribution in [3.63, 3.8) is 0 Å². The molecule has 5 rings (SSSR count). The lowest BCUT2D eigenvalue weighted by atomic mass is 10.2. The average molecular weight is 414 g/mol. The summed E-state index contributed by atoms with van der Waals surface area (Å²) in [5.74, 6) is 1.17. The molecule has 7 heteroatoms. The molecule has 0 aliphatic heterocycles. The second kappa shape index (κ2) is 7.42. The fourth-order valence-corrected chi connectivity index (χ4v) is 4.30. The zero-order chi connectivity index (χ0) is 20.7. The van der Waals surface area contributed by atoms with E-state index >= 15 is 0 Å². The van der Waals surface area contributed by atoms with Crippen LogP contribution >= 0.6 is 11.8 Å². The maximum Gasteiger partial charge on any atom is 0.267 e. The number of aromatic nitrogens is 5. The quantitative estimate of drug-likeness (QED) is 0.324. The lowest BCUT2D eigenvalue weighted by molar-refractivity contribution is 0.794. The van der Waals surface area contributed by atoms with Crippen LogP contribution in [-0.4, -0.2) is 23.9 Å². The molecule has 5 aromatic rings. The van der Waals surface area contributed by atoms with Crippen LogP contribution in [0, 0.1) is 13.8 Å². The van der Waals surface area contributed by atoms with Crippen molar-refractivity contribution in [2.24, 2.45) is 0 Å². The van der Waals surface area contributed by atoms with Crippen LogP contribution in [0.15, 0.2) is 77.1 Å². The van der Waals surface area contributed by atoms with E-state index in [0.717, 1.165) is 16.9 Å². The van der Waals surface area contributed by atoms with Crippen molar-refractivity contribution < 1.29 is 0 Å². The number of fused-ring (bicyclic) bond motifs is 2. The molecule has 148 valence electrons. The van der Waals surface area contributed by atoms with Gasteiger partial charge in [0.05, 0.1) is 16.6 Å². The van der Waals surface area contributed by atoms with Crippen LogP contribution in [0.2, 0.25) is 0 Å². The standard InChI is InChI=1S/C23H19N5OS/c1-15-9-10-24-21(11-15)28-22(29)18-5-3-4-6-19(18)26-23(28)30-14-17-13-27-12-16(2)7-8-20(27)25-17/h3-13H,14H2,1-2H3. The number of aryl methyl sites for hydroxylation is 2. The monoisotopic (exact) mass is 413 g/mol. The van der Waals surface area contributed by atoms with Crippen molar-refractivity contribution in [2.75, 3.05) is 0 Å². The molecule has 0 fully saturated rings. The molecule has 0 aliphatic rings. The summed E-state index contributed by atoms with van der Waals surface area (Å²) in [6.45, 7) is 4.04. The zero-order valence-electron chi connectivity index (χ0n) is 16.6. The first-order chi connectivity index (χ1) is 14.6. The second-order valence-electron chi connectivity index (χ2n) is 7.24. The van der Waals surface area contributed by atoms with E-state index in [1.54, 1.807) is 16.8 Å². The van der Waals surface area contributed by atoms with E-state index in [2.05, 4.69) is 23.1 Å². The third-order valence-corrected chi connectivity index (χ3v) is 5.85. The molecule has 0 N–H and O–H groups in total. The largest absolute Gasteiger partial charge is 0.307 e. The third-order valence-electron chi connectivity index (χ3n) is 4.87. The van der Waals surface area contributed by atoms with E-state index in [9.17, 15) is 4.79 Å². The number of hydrogen-bond acceptors (Lipinski definition) is 5. The van der Waals surface area contributed by atoms with Crippen molar-refractivity contribution >= 4 is 28.3 Å². The van der Waals surface area contributed by atoms with E-state index in [-0.39, 0.29) is 5.56 Å². The molecule has 0 radical (unpaired) electrons. The van der Waals surface area contributed by atoms with Gasteiger partial charge < -0.3 is 4.40 Å². The fourth-order valence-electron chi connectivity index (χ4n) is 3.42. The number of imidazole rings is 1. The second-order valence-corrected chi connectivity index (χ2v) is 8.18. The van der Waals surface area contributed by atoms with Gasteiger partial charge in [-0.1, -0.05) is 30.0 Å². The summed E-state index contributed by atoms with van der Waals surface area (Å²) < 4.78 is 3.62. The van der Waals surface area contributed by atoms with E-state index in [1.807, 2.05) is 60.0 Å². The van der Waals surface area contributed by atoms with Gasteiger partial charge >= 0.3 is 0 Å². The maximum atomic E-state index is 13.3. The van der Waals surface area contributed by atoms with Crippen LogP contribution in [0.1, 0.15) is 16.8 Å². The Morgan fingerprint density at radius 1 is 0.967 bits per heavy atom. The topological polar surface area (TPSA) is 65.1 Å². The van der Waals surface area contributed by atoms with Gasteiger partial charge in [0.25, 0.3) is 5.56 Å². The number of hydrogen-bond donors (Lipinski definition) is 0. The number of para-hydroxylation sites is 1. The van der Waals surface area contributed by atoms with Crippen molar-refractivity contribution in [2.45, 2.75) is 24.8 Å². The summed E-state index contributed by atoms with van der Waals surface area (Å²) in [7, 11) is 0. The number of benzene rings is 1. The Bertz CT molecular complexity index is 1450. The highest BCUT2D eigenvalue weighted by molar-refractivity contribution is 7.98. The fraction of sp³-hybridized carbons (Fsp3) is 0.130. The van der Waals surface area contributed by atoms with Gasteiger partial charge in [-0.15, -0.1) is 0 Å². The molecule has 4 aromatic heterocycles. The minimum Gasteiger partial charge on any atom is -0.307 e. The van der Waals surface area contributed by atoms with Crippen LogP contribution in [0.5, 0.6) is 0 Å². The summed E-state index contributed by atoms with van der Waals surface area (Å²) in [5, 5.41) is 1.18. The number of thioether (sulfide) groups is 1. The minimum atomic E-state index is -0.119. The Morgan fingerprint density at radius 2 is 1.83 bits per heavy atom. The number of rotatable bonds is 4. The Labute approximate surface area is 177 Å². The SMILES string of the molecule is Cc1ccnc(-n2c(SCc3cn4cc(C)ccc4n3)nc3ccccc3c2=O)c1. The van der Waals surface area contributed by atoms with E-state index in [4.69, 9.17) is 4.98 Å². The van der Waals surface area contributed by atoms with Crippen molar-refractivity contribution in [3.05, 3.63) is 94.3 Å². The van der Waals surface area contributed by atoms with Gasteiger partial charge in [-0.3, -0.25) is 4.79 Å². The average Bonchev–Trinajstić information content (AvgIpc) is 3.14. The maximum absolute atomic E-state index is 13.3. The van der Waals surface area contributed by atoms with Crippen LogP contribution in [0.3, 0.4) is 0 Å². The molecule has 0 aliphatic carbocycles. The number of nitrogens with zero attached hydrogens (tertiary/aromatic N) is 5. The molecule has 0 atom stereocenters. The van der Waals surface area contributed by atoms with Crippen LogP contribution < -0.4 is 5.56 Å². The zero-order valence-corrected chi connectivity index (χ0v) is 17.4. The summed E-state index contributed by atoms with van der Waals surface area (Å²) in [6, 6.07) is 15.3. The lowest BCUT2D eigenvalue weighted by Crippen LogP contribution is -2.22. The molecule has 0 amide bonds. The predicted molar refractivity (Wildman–Crippen MR) is 119 cm³/mol. The Balaban J connectivity index is 1.59. The van der Waals surface area contributed by atoms with Gasteiger partial charge in [-0.05, 0) is 55.3 Å². The van der Waals surface area contributed by atoms with E-state index in [0.29, 0.717) is 27.6 Å². The van der Waals surface area contributed by atoms with Crippen LogP contribution in [-0.2, 0) is 5.75 Å². The minimum absolute atomic E-state index is 0.119. The van der Waals surface area contributed by atoms with Crippen LogP contribution in [0.4, 0.5) is 0 Å². The molecule has 0 unspecified atom stereocenters. The van der Waals surface area contributed by atoms with Crippen molar-refractivity contribution in [1.82, 2.24) is 23.9 Å². The first-order valence-corrected chi connectivity index (χ1v) is 10.6. The Hall–Kier alpha value is -3.45. The van der Waals surface area contributed by atoms with Crippen molar-refractivity contribution in [3.8, 4) is 5.82 Å². The predicted octanol–water partition coefficient (Wildman–Crippen LogP) is 4.34. The Kier molecular flexibility index (Phi) is 4.59. The van der Waals surface area contributed by atoms with Gasteiger partial charge in [0.2, 0.25) is 0 Å². The molecule has 0 saturated heterocycles. The molecule has 1 aromatic carbocycles. The molecule has 4 heterocycles. The summed E-state index contributed by atoms with van der Waals surface area (Å²) >= 11 is 1.49. The molecule has 0 bridgehead atoms. The summed E-state index contributed by atoms with van der Waals surface area (Å²) in [5.41, 5.74) is 4.60. The lowest BCUT2D eigenvalue weighted by Gasteiger charge is -2.12. The molecule has 30 heavy (non-hydrogen) atoms. The normalized spacial score (nSPS) is 11.4. The highest BCUT2D eigenvalue weighted by atomic mass is 32.2. The van der Waals surface area contributed by atoms with Gasteiger partial charge in [0, 0.05) is 24.3 Å².